The van der Waals surface area contributed by atoms with E-state index in [0.29, 0.717) is 17.5 Å². The van der Waals surface area contributed by atoms with Crippen molar-refractivity contribution in [1.29, 1.82) is 0 Å². The second kappa shape index (κ2) is 9.56. The summed E-state index contributed by atoms with van der Waals surface area (Å²) in [6.07, 6.45) is 5.47. The van der Waals surface area contributed by atoms with Gasteiger partial charge in [-0.25, -0.2) is 8.42 Å². The monoisotopic (exact) mass is 428 g/mol. The van der Waals surface area contributed by atoms with E-state index in [1.165, 1.54) is 6.26 Å². The smallest absolute Gasteiger partial charge is 0.175 e. The number of aromatic nitrogens is 1. The lowest BCUT2D eigenvalue weighted by atomic mass is 10.0. The number of benzene rings is 1. The van der Waals surface area contributed by atoms with Gasteiger partial charge in [-0.05, 0) is 49.7 Å². The molecular formula is C23H32N4O2S. The van der Waals surface area contributed by atoms with Gasteiger partial charge < -0.3 is 0 Å². The van der Waals surface area contributed by atoms with Crippen LogP contribution in [0.5, 0.6) is 0 Å². The van der Waals surface area contributed by atoms with Crippen LogP contribution in [0.3, 0.4) is 0 Å². The molecule has 2 aromatic rings. The highest BCUT2D eigenvalue weighted by Crippen LogP contribution is 2.23. The van der Waals surface area contributed by atoms with Gasteiger partial charge in [0, 0.05) is 57.8 Å². The van der Waals surface area contributed by atoms with E-state index in [1.807, 2.05) is 24.4 Å². The number of piperazine rings is 1. The molecule has 2 aliphatic rings. The van der Waals surface area contributed by atoms with Crippen molar-refractivity contribution in [2.75, 3.05) is 45.5 Å². The number of pyridine rings is 1. The first-order valence-corrected chi connectivity index (χ1v) is 12.7. The highest BCUT2D eigenvalue weighted by molar-refractivity contribution is 7.90. The Labute approximate surface area is 180 Å². The van der Waals surface area contributed by atoms with Crippen LogP contribution in [0.1, 0.15) is 24.1 Å². The van der Waals surface area contributed by atoms with Crippen molar-refractivity contribution < 1.29 is 8.42 Å². The van der Waals surface area contributed by atoms with Crippen LogP contribution in [-0.4, -0.2) is 79.7 Å². The largest absolute Gasteiger partial charge is 0.299 e. The van der Waals surface area contributed by atoms with E-state index in [4.69, 9.17) is 0 Å². The summed E-state index contributed by atoms with van der Waals surface area (Å²) in [4.78, 5) is 12.5. The summed E-state index contributed by atoms with van der Waals surface area (Å²) in [5, 5.41) is 0. The molecule has 2 saturated heterocycles. The summed E-state index contributed by atoms with van der Waals surface area (Å²) < 4.78 is 24.1. The zero-order chi connectivity index (χ0) is 21.0. The standard InChI is InChI=1S/C23H32N4O2S/c1-30(28,29)23-8-3-2-6-20(23)18-25-12-9-22(10-13-25)27-16-14-26(15-17-27)19-21-7-4-5-11-24-21/h2-8,11,22H,9-10,12-19H2,1H3. The molecule has 4 rings (SSSR count). The first-order chi connectivity index (χ1) is 14.5. The summed E-state index contributed by atoms with van der Waals surface area (Å²) in [5.41, 5.74) is 2.07. The Kier molecular flexibility index (Phi) is 6.83. The molecule has 0 radical (unpaired) electrons. The van der Waals surface area contributed by atoms with Gasteiger partial charge in [-0.2, -0.15) is 0 Å². The van der Waals surface area contributed by atoms with Gasteiger partial charge in [0.15, 0.2) is 9.84 Å². The second-order valence-corrected chi connectivity index (χ2v) is 10.5. The predicted octanol–water partition coefficient (Wildman–Crippen LogP) is 2.27. The molecule has 0 amide bonds. The van der Waals surface area contributed by atoms with Crippen molar-refractivity contribution in [2.45, 2.75) is 36.9 Å². The van der Waals surface area contributed by atoms with E-state index < -0.39 is 9.84 Å². The van der Waals surface area contributed by atoms with Crippen molar-refractivity contribution in [3.05, 3.63) is 59.9 Å². The molecule has 1 aromatic carbocycles. The van der Waals surface area contributed by atoms with Gasteiger partial charge in [-0.3, -0.25) is 19.7 Å². The molecule has 2 fully saturated rings. The van der Waals surface area contributed by atoms with E-state index in [9.17, 15) is 8.42 Å². The van der Waals surface area contributed by atoms with Crippen LogP contribution in [0.2, 0.25) is 0 Å². The van der Waals surface area contributed by atoms with Crippen LogP contribution in [-0.2, 0) is 22.9 Å². The maximum Gasteiger partial charge on any atom is 0.175 e. The third-order valence-corrected chi connectivity index (χ3v) is 7.56. The Morgan fingerprint density at radius 3 is 2.20 bits per heavy atom. The Balaban J connectivity index is 1.25. The first kappa shape index (κ1) is 21.4. The fourth-order valence-electron chi connectivity index (χ4n) is 4.69. The minimum absolute atomic E-state index is 0.469. The number of rotatable bonds is 6. The normalized spacial score (nSPS) is 20.4. The van der Waals surface area contributed by atoms with Crippen molar-refractivity contribution in [2.24, 2.45) is 0 Å². The molecule has 2 aliphatic heterocycles. The Bertz CT molecular complexity index is 919. The molecule has 30 heavy (non-hydrogen) atoms. The minimum Gasteiger partial charge on any atom is -0.299 e. The van der Waals surface area contributed by atoms with Gasteiger partial charge in [0.25, 0.3) is 0 Å². The first-order valence-electron chi connectivity index (χ1n) is 10.9. The molecule has 0 N–H and O–H groups in total. The van der Waals surface area contributed by atoms with Gasteiger partial charge in [-0.1, -0.05) is 24.3 Å². The molecule has 7 heteroatoms. The highest BCUT2D eigenvalue weighted by Gasteiger charge is 2.28. The van der Waals surface area contributed by atoms with Gasteiger partial charge in [-0.15, -0.1) is 0 Å². The third-order valence-electron chi connectivity index (χ3n) is 6.36. The zero-order valence-corrected chi connectivity index (χ0v) is 18.6. The molecule has 0 spiro atoms. The Morgan fingerprint density at radius 2 is 1.53 bits per heavy atom. The molecule has 162 valence electrons. The summed E-state index contributed by atoms with van der Waals surface area (Å²) in [5.74, 6) is 0. The number of likely N-dealkylation sites (tertiary alicyclic amines) is 1. The Morgan fingerprint density at radius 1 is 0.867 bits per heavy atom. The second-order valence-electron chi connectivity index (χ2n) is 8.52. The summed E-state index contributed by atoms with van der Waals surface area (Å²) in [7, 11) is -3.18. The fraction of sp³-hybridized carbons (Fsp3) is 0.522. The molecule has 0 bridgehead atoms. The third kappa shape index (κ3) is 5.46. The lowest BCUT2D eigenvalue weighted by Gasteiger charge is -2.42. The molecule has 0 aliphatic carbocycles. The lowest BCUT2D eigenvalue weighted by molar-refractivity contribution is 0.0544. The molecule has 1 aromatic heterocycles. The lowest BCUT2D eigenvalue weighted by Crippen LogP contribution is -2.52. The van der Waals surface area contributed by atoms with Crippen LogP contribution < -0.4 is 0 Å². The van der Waals surface area contributed by atoms with Crippen molar-refractivity contribution in [3.63, 3.8) is 0 Å². The van der Waals surface area contributed by atoms with E-state index >= 15 is 0 Å². The number of hydrogen-bond donors (Lipinski definition) is 0. The molecule has 0 atom stereocenters. The fourth-order valence-corrected chi connectivity index (χ4v) is 5.62. The van der Waals surface area contributed by atoms with E-state index in [-0.39, 0.29) is 0 Å². The molecule has 3 heterocycles. The molecule has 6 nitrogen and oxygen atoms in total. The molecule has 0 unspecified atom stereocenters. The highest BCUT2D eigenvalue weighted by atomic mass is 32.2. The summed E-state index contributed by atoms with van der Waals surface area (Å²) >= 11 is 0. The summed E-state index contributed by atoms with van der Waals surface area (Å²) in [6.45, 7) is 8.13. The van der Waals surface area contributed by atoms with Gasteiger partial charge >= 0.3 is 0 Å². The maximum absolute atomic E-state index is 12.1. The number of nitrogens with zero attached hydrogens (tertiary/aromatic N) is 4. The van der Waals surface area contributed by atoms with Crippen LogP contribution >= 0.6 is 0 Å². The quantitative estimate of drug-likeness (QED) is 0.704. The number of piperidine rings is 1. The molecular weight excluding hydrogens is 396 g/mol. The van der Waals surface area contributed by atoms with Crippen LogP contribution in [0.15, 0.2) is 53.6 Å². The number of hydrogen-bond acceptors (Lipinski definition) is 6. The van der Waals surface area contributed by atoms with Crippen LogP contribution in [0.4, 0.5) is 0 Å². The predicted molar refractivity (Wildman–Crippen MR) is 119 cm³/mol. The maximum atomic E-state index is 12.1. The van der Waals surface area contributed by atoms with Gasteiger partial charge in [0.2, 0.25) is 0 Å². The van der Waals surface area contributed by atoms with Crippen LogP contribution in [0.25, 0.3) is 0 Å². The van der Waals surface area contributed by atoms with E-state index in [0.717, 1.165) is 69.9 Å². The van der Waals surface area contributed by atoms with Crippen LogP contribution in [0, 0.1) is 0 Å². The van der Waals surface area contributed by atoms with Gasteiger partial charge in [0.05, 0.1) is 10.6 Å². The Hall–Kier alpha value is -1.80. The van der Waals surface area contributed by atoms with Gasteiger partial charge in [0.1, 0.15) is 0 Å². The SMILES string of the molecule is CS(=O)(=O)c1ccccc1CN1CCC(N2CCN(Cc3ccccn3)CC2)CC1. The molecule has 0 saturated carbocycles. The minimum atomic E-state index is -3.18. The topological polar surface area (TPSA) is 56.8 Å². The average Bonchev–Trinajstić information content (AvgIpc) is 2.75. The number of sulfone groups is 1. The van der Waals surface area contributed by atoms with Crippen molar-refractivity contribution in [3.8, 4) is 0 Å². The zero-order valence-electron chi connectivity index (χ0n) is 17.8. The summed E-state index contributed by atoms with van der Waals surface area (Å²) in [6, 6.07) is 14.2. The van der Waals surface area contributed by atoms with E-state index in [2.05, 4.69) is 31.8 Å². The van der Waals surface area contributed by atoms with E-state index in [1.54, 1.807) is 12.1 Å². The van der Waals surface area contributed by atoms with Crippen molar-refractivity contribution >= 4 is 9.84 Å². The van der Waals surface area contributed by atoms with Crippen molar-refractivity contribution in [1.82, 2.24) is 19.7 Å². The average molecular weight is 429 g/mol.